The van der Waals surface area contributed by atoms with Gasteiger partial charge in [-0.2, -0.15) is 4.39 Å². The van der Waals surface area contributed by atoms with Gasteiger partial charge in [0.2, 0.25) is 17.6 Å². The van der Waals surface area contributed by atoms with E-state index in [1.54, 1.807) is 5.38 Å². The number of morpholine rings is 1. The maximum absolute atomic E-state index is 15.6. The van der Waals surface area contributed by atoms with Crippen molar-refractivity contribution in [2.24, 2.45) is 0 Å². The number of anilines is 1. The van der Waals surface area contributed by atoms with Gasteiger partial charge in [-0.05, 0) is 24.6 Å². The summed E-state index contributed by atoms with van der Waals surface area (Å²) in [6.45, 7) is 1.85. The first-order chi connectivity index (χ1) is 19.3. The Morgan fingerprint density at radius 2 is 1.82 bits per heavy atom. The largest absolute Gasteiger partial charge is 0.485 e. The Kier molecular flexibility index (Phi) is 6.92. The van der Waals surface area contributed by atoms with Gasteiger partial charge < -0.3 is 19.3 Å². The molecule has 0 radical (unpaired) electrons. The zero-order chi connectivity index (χ0) is 28.0. The van der Waals surface area contributed by atoms with E-state index >= 15 is 4.39 Å². The molecule has 1 unspecified atom stereocenters. The van der Waals surface area contributed by atoms with E-state index in [-0.39, 0.29) is 41.6 Å². The van der Waals surface area contributed by atoms with E-state index in [1.165, 1.54) is 34.4 Å². The van der Waals surface area contributed by atoms with Crippen LogP contribution in [-0.4, -0.2) is 60.0 Å². The van der Waals surface area contributed by atoms with Crippen molar-refractivity contribution in [3.05, 3.63) is 63.8 Å². The molecule has 1 N–H and O–H groups in total. The van der Waals surface area contributed by atoms with Crippen LogP contribution in [-0.2, 0) is 27.5 Å². The Morgan fingerprint density at radius 1 is 1.05 bits per heavy atom. The number of nitrogens with one attached hydrogen (secondary N) is 1. The highest BCUT2D eigenvalue weighted by Crippen LogP contribution is 2.37. The van der Waals surface area contributed by atoms with Crippen molar-refractivity contribution in [1.82, 2.24) is 15.2 Å². The van der Waals surface area contributed by atoms with Crippen LogP contribution in [0.3, 0.4) is 0 Å². The number of imide groups is 1. The lowest BCUT2D eigenvalue weighted by Gasteiger charge is -2.29. The fraction of sp³-hybridized carbons (Fsp3) is 0.333. The van der Waals surface area contributed by atoms with Crippen LogP contribution in [0.25, 0.3) is 11.3 Å². The number of ether oxygens (including phenoxy) is 2. The monoisotopic (exact) mass is 572 g/mol. The first-order valence-corrected chi connectivity index (χ1v) is 13.5. The highest BCUT2D eigenvalue weighted by atomic mass is 32.1. The predicted molar refractivity (Wildman–Crippen MR) is 137 cm³/mol. The minimum atomic E-state index is -1.22. The first-order valence-electron chi connectivity index (χ1n) is 12.7. The third-order valence-electron chi connectivity index (χ3n) is 7.20. The molecule has 13 heteroatoms. The topological polar surface area (TPSA) is 101 Å². The lowest BCUT2D eigenvalue weighted by molar-refractivity contribution is -0.136. The summed E-state index contributed by atoms with van der Waals surface area (Å²) in [4.78, 5) is 44.5. The number of thiazole rings is 1. The molecule has 0 spiro atoms. The number of fused-ring (bicyclic) bond motifs is 1. The number of carbonyl (C=O) groups excluding carboxylic acids is 3. The number of carbonyl (C=O) groups is 3. The Labute approximate surface area is 230 Å². The number of hydrogen-bond acceptors (Lipinski definition) is 8. The maximum Gasteiger partial charge on any atom is 0.255 e. The third kappa shape index (κ3) is 4.68. The Morgan fingerprint density at radius 3 is 2.60 bits per heavy atom. The van der Waals surface area contributed by atoms with Gasteiger partial charge in [-0.15, -0.1) is 11.3 Å². The molecule has 3 aliphatic rings. The standard InChI is InChI=1S/C27H23F3N4O5S/c28-18-4-3-16(19-13-40-27(31-19)33-7-9-38-10-8-33)24(23(18)30)39-12-14-1-2-15-17(22(14)29)11-34(26(15)37)20-5-6-21(35)32-25(20)36/h1-4,13,20H,5-12H2,(H,32,35,36). The molecule has 2 fully saturated rings. The van der Waals surface area contributed by atoms with Crippen LogP contribution < -0.4 is 15.0 Å². The van der Waals surface area contributed by atoms with Gasteiger partial charge in [-0.3, -0.25) is 19.7 Å². The van der Waals surface area contributed by atoms with Gasteiger partial charge in [0, 0.05) is 47.1 Å². The van der Waals surface area contributed by atoms with Crippen molar-refractivity contribution in [2.45, 2.75) is 32.0 Å². The zero-order valence-corrected chi connectivity index (χ0v) is 21.9. The summed E-state index contributed by atoms with van der Waals surface area (Å²) in [6.07, 6.45) is 0.222. The molecule has 1 aromatic heterocycles. The fourth-order valence-corrected chi connectivity index (χ4v) is 5.96. The van der Waals surface area contributed by atoms with Crippen LogP contribution in [0.5, 0.6) is 5.75 Å². The van der Waals surface area contributed by atoms with E-state index in [1.807, 2.05) is 4.90 Å². The van der Waals surface area contributed by atoms with Crippen molar-refractivity contribution in [3.63, 3.8) is 0 Å². The highest BCUT2D eigenvalue weighted by Gasteiger charge is 2.40. The predicted octanol–water partition coefficient (Wildman–Crippen LogP) is 3.40. The SMILES string of the molecule is O=C1CCC(N2Cc3c(ccc(COc4c(-c5csc(N6CCOCC6)n5)ccc(F)c4F)c3F)C2=O)C(=O)N1. The second-order valence-corrected chi connectivity index (χ2v) is 10.4. The highest BCUT2D eigenvalue weighted by molar-refractivity contribution is 7.14. The number of piperidine rings is 1. The summed E-state index contributed by atoms with van der Waals surface area (Å²) in [5.74, 6) is -5.03. The number of benzene rings is 2. The molecule has 6 rings (SSSR count). The van der Waals surface area contributed by atoms with Crippen LogP contribution in [0.4, 0.5) is 18.3 Å². The number of amides is 3. The molecule has 0 bridgehead atoms. The molecule has 2 saturated heterocycles. The van der Waals surface area contributed by atoms with Gasteiger partial charge in [-0.1, -0.05) is 6.07 Å². The quantitative estimate of drug-likeness (QED) is 0.452. The number of halogens is 3. The number of hydrogen-bond donors (Lipinski definition) is 1. The molecule has 3 amide bonds. The van der Waals surface area contributed by atoms with E-state index in [0.29, 0.717) is 37.1 Å². The molecule has 0 aliphatic carbocycles. The van der Waals surface area contributed by atoms with E-state index in [2.05, 4.69) is 10.3 Å². The minimum absolute atomic E-state index is 0.0265. The van der Waals surface area contributed by atoms with Crippen LogP contribution in [0.15, 0.2) is 29.6 Å². The van der Waals surface area contributed by atoms with E-state index < -0.39 is 53.6 Å². The second-order valence-electron chi connectivity index (χ2n) is 9.61. The van der Waals surface area contributed by atoms with Crippen molar-refractivity contribution < 1.29 is 37.0 Å². The molecule has 1 atom stereocenters. The van der Waals surface area contributed by atoms with Crippen molar-refractivity contribution in [3.8, 4) is 17.0 Å². The van der Waals surface area contributed by atoms with Crippen molar-refractivity contribution in [2.75, 3.05) is 31.2 Å². The lowest BCUT2D eigenvalue weighted by atomic mass is 10.0. The van der Waals surface area contributed by atoms with Gasteiger partial charge in [0.25, 0.3) is 5.91 Å². The van der Waals surface area contributed by atoms with E-state index in [4.69, 9.17) is 9.47 Å². The molecule has 0 saturated carbocycles. The summed E-state index contributed by atoms with van der Waals surface area (Å²) < 4.78 is 55.7. The van der Waals surface area contributed by atoms with Crippen LogP contribution in [0.2, 0.25) is 0 Å². The van der Waals surface area contributed by atoms with Crippen molar-refractivity contribution in [1.29, 1.82) is 0 Å². The average molecular weight is 573 g/mol. The number of aromatic nitrogens is 1. The number of nitrogens with zero attached hydrogens (tertiary/aromatic N) is 3. The van der Waals surface area contributed by atoms with Crippen LogP contribution >= 0.6 is 11.3 Å². The molecule has 3 aromatic rings. The summed E-state index contributed by atoms with van der Waals surface area (Å²) in [6, 6.07) is 4.22. The van der Waals surface area contributed by atoms with Gasteiger partial charge in [0.05, 0.1) is 25.5 Å². The molecule has 4 heterocycles. The fourth-order valence-electron chi connectivity index (χ4n) is 5.08. The van der Waals surface area contributed by atoms with Crippen LogP contribution in [0.1, 0.15) is 34.3 Å². The average Bonchev–Trinajstić information content (AvgIpc) is 3.57. The van der Waals surface area contributed by atoms with Crippen LogP contribution in [0, 0.1) is 17.5 Å². The number of rotatable bonds is 6. The van der Waals surface area contributed by atoms with Crippen molar-refractivity contribution >= 4 is 34.2 Å². The molecule has 2 aromatic carbocycles. The molecule has 208 valence electrons. The molecular formula is C27H23F3N4O5S. The maximum atomic E-state index is 15.6. The third-order valence-corrected chi connectivity index (χ3v) is 8.10. The minimum Gasteiger partial charge on any atom is -0.485 e. The Balaban J connectivity index is 1.23. The summed E-state index contributed by atoms with van der Waals surface area (Å²) >= 11 is 1.36. The van der Waals surface area contributed by atoms with Gasteiger partial charge in [-0.25, -0.2) is 13.8 Å². The molecule has 40 heavy (non-hydrogen) atoms. The smallest absolute Gasteiger partial charge is 0.255 e. The lowest BCUT2D eigenvalue weighted by Crippen LogP contribution is -2.52. The summed E-state index contributed by atoms with van der Waals surface area (Å²) in [5, 5.41) is 4.63. The normalized spacial score (nSPS) is 19.2. The van der Waals surface area contributed by atoms with Gasteiger partial charge in [0.15, 0.2) is 16.7 Å². The molecular weight excluding hydrogens is 549 g/mol. The van der Waals surface area contributed by atoms with Gasteiger partial charge >= 0.3 is 0 Å². The zero-order valence-electron chi connectivity index (χ0n) is 21.0. The summed E-state index contributed by atoms with van der Waals surface area (Å²) in [7, 11) is 0. The van der Waals surface area contributed by atoms with E-state index in [9.17, 15) is 23.2 Å². The molecule has 3 aliphatic heterocycles. The van der Waals surface area contributed by atoms with Gasteiger partial charge in [0.1, 0.15) is 18.5 Å². The first kappa shape index (κ1) is 26.3. The Bertz CT molecular complexity index is 1520. The Hall–Kier alpha value is -3.97. The summed E-state index contributed by atoms with van der Waals surface area (Å²) in [5.41, 5.74) is 0.807. The van der Waals surface area contributed by atoms with E-state index in [0.717, 1.165) is 6.07 Å². The second kappa shape index (κ2) is 10.5. The molecule has 9 nitrogen and oxygen atoms in total.